The van der Waals surface area contributed by atoms with Gasteiger partial charge in [0.2, 0.25) is 5.91 Å². The van der Waals surface area contributed by atoms with E-state index in [1.807, 2.05) is 0 Å². The van der Waals surface area contributed by atoms with Crippen LogP contribution in [0.2, 0.25) is 0 Å². The van der Waals surface area contributed by atoms with E-state index in [4.69, 9.17) is 0 Å². The van der Waals surface area contributed by atoms with Gasteiger partial charge in [-0.05, 0) is 6.07 Å². The van der Waals surface area contributed by atoms with Crippen molar-refractivity contribution in [1.82, 2.24) is 14.9 Å². The maximum atomic E-state index is 10.9. The number of hydrogen-bond donors (Lipinski definition) is 1. The van der Waals surface area contributed by atoms with Crippen LogP contribution in [0.25, 0.3) is 0 Å². The number of aliphatic hydroxyl groups is 1. The summed E-state index contributed by atoms with van der Waals surface area (Å²) in [6.45, 7) is 2.12. The van der Waals surface area contributed by atoms with E-state index in [0.717, 1.165) is 0 Å². The third-order valence-corrected chi connectivity index (χ3v) is 2.41. The lowest BCUT2D eigenvalue weighted by atomic mass is 9.90. The number of carbonyl (C=O) groups excluding carboxylic acids is 1. The first kappa shape index (κ1) is 9.08. The van der Waals surface area contributed by atoms with E-state index >= 15 is 0 Å². The molecule has 0 unspecified atom stereocenters. The van der Waals surface area contributed by atoms with Crippen molar-refractivity contribution in [3.05, 3.63) is 24.3 Å². The number of hydrogen-bond acceptors (Lipinski definition) is 4. The smallest absolute Gasteiger partial charge is 0.219 e. The van der Waals surface area contributed by atoms with Crippen LogP contribution in [0.1, 0.15) is 12.6 Å². The molecule has 2 rings (SSSR count). The quantitative estimate of drug-likeness (QED) is 0.654. The van der Waals surface area contributed by atoms with Crippen molar-refractivity contribution < 1.29 is 9.90 Å². The van der Waals surface area contributed by atoms with Gasteiger partial charge in [0.1, 0.15) is 11.9 Å². The zero-order valence-corrected chi connectivity index (χ0v) is 7.84. The molecule has 1 aliphatic heterocycles. The van der Waals surface area contributed by atoms with Gasteiger partial charge in [0.25, 0.3) is 0 Å². The average Bonchev–Trinajstić information content (AvgIpc) is 2.14. The van der Waals surface area contributed by atoms with Crippen molar-refractivity contribution in [1.29, 1.82) is 0 Å². The molecule has 5 heteroatoms. The van der Waals surface area contributed by atoms with Crippen LogP contribution >= 0.6 is 0 Å². The Morgan fingerprint density at radius 3 is 2.86 bits per heavy atom. The molecule has 1 fully saturated rings. The Morgan fingerprint density at radius 1 is 1.64 bits per heavy atom. The second kappa shape index (κ2) is 3.02. The van der Waals surface area contributed by atoms with Crippen LogP contribution in [0.15, 0.2) is 18.6 Å². The number of carbonyl (C=O) groups is 1. The Hall–Kier alpha value is -1.49. The Bertz CT molecular complexity index is 346. The molecule has 0 radical (unpaired) electrons. The first-order valence-corrected chi connectivity index (χ1v) is 4.36. The molecule has 5 nitrogen and oxygen atoms in total. The molecule has 2 heterocycles. The van der Waals surface area contributed by atoms with Gasteiger partial charge >= 0.3 is 0 Å². The fraction of sp³-hybridized carbons (Fsp3) is 0.444. The molecule has 0 atom stereocenters. The van der Waals surface area contributed by atoms with E-state index in [9.17, 15) is 9.90 Å². The van der Waals surface area contributed by atoms with Crippen LogP contribution in [-0.4, -0.2) is 39.0 Å². The molecule has 0 saturated carbocycles. The third kappa shape index (κ3) is 1.35. The van der Waals surface area contributed by atoms with Crippen LogP contribution in [0.5, 0.6) is 0 Å². The van der Waals surface area contributed by atoms with Gasteiger partial charge in [-0.15, -0.1) is 0 Å². The highest BCUT2D eigenvalue weighted by molar-refractivity contribution is 5.74. The summed E-state index contributed by atoms with van der Waals surface area (Å²) in [6.07, 6.45) is 2.97. The van der Waals surface area contributed by atoms with Gasteiger partial charge in [0.15, 0.2) is 0 Å². The minimum absolute atomic E-state index is 0.0243. The van der Waals surface area contributed by atoms with Gasteiger partial charge in [-0.25, -0.2) is 9.97 Å². The lowest BCUT2D eigenvalue weighted by molar-refractivity contribution is -0.155. The van der Waals surface area contributed by atoms with E-state index in [1.54, 1.807) is 17.2 Å². The van der Waals surface area contributed by atoms with Crippen molar-refractivity contribution in [2.24, 2.45) is 0 Å². The van der Waals surface area contributed by atoms with Crippen LogP contribution in [0.4, 0.5) is 0 Å². The number of nitrogens with zero attached hydrogens (tertiary/aromatic N) is 3. The van der Waals surface area contributed by atoms with Gasteiger partial charge in [0.05, 0.1) is 18.8 Å². The molecule has 0 aliphatic carbocycles. The van der Waals surface area contributed by atoms with Crippen molar-refractivity contribution in [3.63, 3.8) is 0 Å². The number of amides is 1. The fourth-order valence-corrected chi connectivity index (χ4v) is 1.54. The summed E-state index contributed by atoms with van der Waals surface area (Å²) in [7, 11) is 0. The standard InChI is InChI=1S/C9H11N3O2/c1-7(13)12-4-9(14,5-12)8-2-3-10-6-11-8/h2-3,6,14H,4-5H2,1H3. The van der Waals surface area contributed by atoms with Gasteiger partial charge in [-0.1, -0.05) is 0 Å². The van der Waals surface area contributed by atoms with E-state index in [1.165, 1.54) is 13.3 Å². The predicted molar refractivity (Wildman–Crippen MR) is 48.2 cm³/mol. The molecule has 1 N–H and O–H groups in total. The SMILES string of the molecule is CC(=O)N1CC(O)(c2ccncn2)C1. The van der Waals surface area contributed by atoms with Crippen molar-refractivity contribution in [3.8, 4) is 0 Å². The number of likely N-dealkylation sites (tertiary alicyclic amines) is 1. The Balaban J connectivity index is 2.12. The lowest BCUT2D eigenvalue weighted by Crippen LogP contribution is -2.61. The molecule has 1 aromatic rings. The van der Waals surface area contributed by atoms with Crippen molar-refractivity contribution in [2.45, 2.75) is 12.5 Å². The second-order valence-electron chi connectivity index (χ2n) is 3.50. The Kier molecular flexibility index (Phi) is 1.96. The van der Waals surface area contributed by atoms with Gasteiger partial charge in [-0.2, -0.15) is 0 Å². The normalized spacial score (nSPS) is 18.9. The van der Waals surface area contributed by atoms with Crippen LogP contribution in [0, 0.1) is 0 Å². The molecule has 14 heavy (non-hydrogen) atoms. The van der Waals surface area contributed by atoms with Crippen LogP contribution in [0.3, 0.4) is 0 Å². The fourth-order valence-electron chi connectivity index (χ4n) is 1.54. The number of rotatable bonds is 1. The minimum atomic E-state index is -0.978. The number of aromatic nitrogens is 2. The summed E-state index contributed by atoms with van der Waals surface area (Å²) in [5, 5.41) is 10.0. The Morgan fingerprint density at radius 2 is 2.36 bits per heavy atom. The maximum Gasteiger partial charge on any atom is 0.219 e. The first-order chi connectivity index (χ1) is 6.62. The highest BCUT2D eigenvalue weighted by Crippen LogP contribution is 2.29. The summed E-state index contributed by atoms with van der Waals surface area (Å²) in [5.41, 5.74) is -0.403. The molecule has 0 spiro atoms. The molecule has 74 valence electrons. The van der Waals surface area contributed by atoms with Crippen LogP contribution in [-0.2, 0) is 10.4 Å². The second-order valence-corrected chi connectivity index (χ2v) is 3.50. The monoisotopic (exact) mass is 193 g/mol. The minimum Gasteiger partial charge on any atom is -0.380 e. The van der Waals surface area contributed by atoms with E-state index in [-0.39, 0.29) is 5.91 Å². The molecule has 0 bridgehead atoms. The van der Waals surface area contributed by atoms with Gasteiger partial charge < -0.3 is 10.0 Å². The summed E-state index contributed by atoms with van der Waals surface area (Å²) in [4.78, 5) is 20.2. The topological polar surface area (TPSA) is 66.3 Å². The molecule has 1 aliphatic rings. The first-order valence-electron chi connectivity index (χ1n) is 4.36. The van der Waals surface area contributed by atoms with Crippen molar-refractivity contribution in [2.75, 3.05) is 13.1 Å². The molecule has 0 aromatic carbocycles. The highest BCUT2D eigenvalue weighted by Gasteiger charge is 2.44. The summed E-state index contributed by atoms with van der Waals surface area (Å²) in [6, 6.07) is 1.66. The van der Waals surface area contributed by atoms with Crippen LogP contribution < -0.4 is 0 Å². The van der Waals surface area contributed by atoms with Crippen molar-refractivity contribution >= 4 is 5.91 Å². The van der Waals surface area contributed by atoms with Gasteiger partial charge in [0, 0.05) is 13.1 Å². The van der Waals surface area contributed by atoms with Gasteiger partial charge in [-0.3, -0.25) is 4.79 Å². The molecular formula is C9H11N3O2. The molecule has 1 saturated heterocycles. The summed E-state index contributed by atoms with van der Waals surface area (Å²) < 4.78 is 0. The summed E-state index contributed by atoms with van der Waals surface area (Å²) in [5.74, 6) is -0.0243. The lowest BCUT2D eigenvalue weighted by Gasteiger charge is -2.45. The average molecular weight is 193 g/mol. The predicted octanol–water partition coefficient (Wildman–Crippen LogP) is -0.474. The van der Waals surface area contributed by atoms with E-state index in [2.05, 4.69) is 9.97 Å². The Labute approximate surface area is 81.4 Å². The maximum absolute atomic E-state index is 10.9. The van der Waals surface area contributed by atoms with E-state index < -0.39 is 5.60 Å². The number of β-amino-alcohol motifs (C(OH)–C–C–N with tert-alkyl or cyclic N) is 1. The zero-order valence-electron chi connectivity index (χ0n) is 7.84. The van der Waals surface area contributed by atoms with E-state index in [0.29, 0.717) is 18.8 Å². The molecule has 1 amide bonds. The third-order valence-electron chi connectivity index (χ3n) is 2.41. The largest absolute Gasteiger partial charge is 0.380 e. The highest BCUT2D eigenvalue weighted by atomic mass is 16.3. The molecular weight excluding hydrogens is 182 g/mol. The molecule has 1 aromatic heterocycles. The summed E-state index contributed by atoms with van der Waals surface area (Å²) >= 11 is 0. The zero-order chi connectivity index (χ0) is 10.2.